The van der Waals surface area contributed by atoms with Crippen molar-refractivity contribution in [2.24, 2.45) is 13.0 Å². The molecule has 0 spiro atoms. The van der Waals surface area contributed by atoms with Crippen LogP contribution >= 0.6 is 11.6 Å². The highest BCUT2D eigenvalue weighted by Gasteiger charge is 2.16. The topological polar surface area (TPSA) is 92.2 Å². The van der Waals surface area contributed by atoms with Crippen LogP contribution in [0.5, 0.6) is 0 Å². The molecule has 0 fully saturated rings. The summed E-state index contributed by atoms with van der Waals surface area (Å²) in [7, 11) is 1.78. The maximum atomic E-state index is 13.4. The molecule has 0 saturated carbocycles. The van der Waals surface area contributed by atoms with Gasteiger partial charge in [0.15, 0.2) is 0 Å². The lowest BCUT2D eigenvalue weighted by atomic mass is 10.1. The Bertz CT molecular complexity index is 1530. The number of halogens is 2. The molecule has 0 radical (unpaired) electrons. The lowest BCUT2D eigenvalue weighted by Crippen LogP contribution is -2.27. The number of amides is 3. The van der Waals surface area contributed by atoms with E-state index in [1.165, 1.54) is 12.1 Å². The van der Waals surface area contributed by atoms with Gasteiger partial charge in [-0.25, -0.2) is 4.39 Å². The molecule has 0 saturated heterocycles. The highest BCUT2D eigenvalue weighted by Crippen LogP contribution is 2.25. The van der Waals surface area contributed by atoms with Crippen molar-refractivity contribution < 1.29 is 18.8 Å². The van der Waals surface area contributed by atoms with Crippen molar-refractivity contribution in [2.75, 3.05) is 5.32 Å². The molecule has 0 bridgehead atoms. The summed E-state index contributed by atoms with van der Waals surface area (Å²) in [4.78, 5) is 37.7. The molecule has 0 unspecified atom stereocenters. The third kappa shape index (κ3) is 6.20. The molecule has 196 valence electrons. The number of carbonyl (C=O) groups excluding carboxylic acids is 3. The Morgan fingerprint density at radius 2 is 1.63 bits per heavy atom. The van der Waals surface area contributed by atoms with Gasteiger partial charge in [-0.05, 0) is 59.7 Å². The molecule has 0 aliphatic carbocycles. The zero-order chi connectivity index (χ0) is 27.4. The molecule has 7 nitrogen and oxygen atoms in total. The Labute approximate surface area is 225 Å². The normalized spacial score (nSPS) is 11.0. The van der Waals surface area contributed by atoms with Crippen LogP contribution < -0.4 is 16.0 Å². The fraction of sp³-hybridized carbons (Fsp3) is 0.207. The van der Waals surface area contributed by atoms with Crippen LogP contribution in [0.15, 0.2) is 66.7 Å². The number of carbonyl (C=O) groups is 3. The third-order valence-corrected chi connectivity index (χ3v) is 6.47. The molecular formula is C29H28ClFN4O3. The van der Waals surface area contributed by atoms with Crippen molar-refractivity contribution in [1.82, 2.24) is 15.2 Å². The number of nitrogens with zero attached hydrogens (tertiary/aromatic N) is 1. The SMILES string of the molecule is CC(C)C(=O)NCc1ccc(Cl)c(C(=O)Nc2ccc3c(c2)cc(C(=O)NCc2cccc(F)c2)n3C)c1. The quantitative estimate of drug-likeness (QED) is 0.281. The first kappa shape index (κ1) is 26.9. The molecule has 3 amide bonds. The first-order chi connectivity index (χ1) is 18.1. The third-order valence-electron chi connectivity index (χ3n) is 6.14. The highest BCUT2D eigenvalue weighted by molar-refractivity contribution is 6.34. The van der Waals surface area contributed by atoms with Crippen LogP contribution in [-0.2, 0) is 24.9 Å². The van der Waals surface area contributed by atoms with Crippen LogP contribution in [0.2, 0.25) is 5.02 Å². The molecule has 4 rings (SSSR count). The summed E-state index contributed by atoms with van der Waals surface area (Å²) in [5.41, 5.74) is 3.47. The molecule has 1 heterocycles. The second kappa shape index (κ2) is 11.5. The van der Waals surface area contributed by atoms with E-state index in [2.05, 4.69) is 16.0 Å². The number of rotatable bonds is 8. The zero-order valence-corrected chi connectivity index (χ0v) is 22.0. The van der Waals surface area contributed by atoms with Gasteiger partial charge in [0.05, 0.1) is 10.6 Å². The number of fused-ring (bicyclic) bond motifs is 1. The van der Waals surface area contributed by atoms with Gasteiger partial charge < -0.3 is 20.5 Å². The minimum absolute atomic E-state index is 0.0795. The molecule has 38 heavy (non-hydrogen) atoms. The van der Waals surface area contributed by atoms with E-state index in [0.717, 1.165) is 16.5 Å². The molecular weight excluding hydrogens is 507 g/mol. The molecule has 9 heteroatoms. The predicted octanol–water partition coefficient (Wildman–Crippen LogP) is 5.43. The van der Waals surface area contributed by atoms with Crippen LogP contribution in [0.3, 0.4) is 0 Å². The zero-order valence-electron chi connectivity index (χ0n) is 21.3. The van der Waals surface area contributed by atoms with Crippen LogP contribution in [-0.4, -0.2) is 22.3 Å². The van der Waals surface area contributed by atoms with Crippen LogP contribution in [0.1, 0.15) is 45.8 Å². The molecule has 3 N–H and O–H groups in total. The highest BCUT2D eigenvalue weighted by atomic mass is 35.5. The minimum Gasteiger partial charge on any atom is -0.352 e. The smallest absolute Gasteiger partial charge is 0.268 e. The van der Waals surface area contributed by atoms with Crippen LogP contribution in [0, 0.1) is 11.7 Å². The average Bonchev–Trinajstić information content (AvgIpc) is 3.22. The van der Waals surface area contributed by atoms with Gasteiger partial charge in [-0.1, -0.05) is 43.6 Å². The molecule has 0 aliphatic rings. The summed E-state index contributed by atoms with van der Waals surface area (Å²) in [6, 6.07) is 18.2. The van der Waals surface area contributed by atoms with Crippen LogP contribution in [0.4, 0.5) is 10.1 Å². The molecule has 3 aromatic carbocycles. The molecule has 4 aromatic rings. The Kier molecular flexibility index (Phi) is 8.12. The number of nitrogens with one attached hydrogen (secondary N) is 3. The lowest BCUT2D eigenvalue weighted by molar-refractivity contribution is -0.124. The first-order valence-corrected chi connectivity index (χ1v) is 12.5. The second-order valence-electron chi connectivity index (χ2n) is 9.32. The Hall–Kier alpha value is -4.17. The standard InChI is InChI=1S/C29H28ClFN4O3/c1-17(2)27(36)32-16-19-7-9-24(30)23(12-19)28(37)34-22-8-10-25-20(13-22)14-26(35(25)3)29(38)33-15-18-5-4-6-21(31)11-18/h4-14,17H,15-16H2,1-3H3,(H,32,36)(H,33,38)(H,34,37). The summed E-state index contributed by atoms with van der Waals surface area (Å²) >= 11 is 6.29. The first-order valence-electron chi connectivity index (χ1n) is 12.1. The van der Waals surface area contributed by atoms with Crippen LogP contribution in [0.25, 0.3) is 10.9 Å². The van der Waals surface area contributed by atoms with Crippen molar-refractivity contribution in [1.29, 1.82) is 0 Å². The summed E-state index contributed by atoms with van der Waals surface area (Å²) in [6.07, 6.45) is 0. The van der Waals surface area contributed by atoms with Gasteiger partial charge in [-0.2, -0.15) is 0 Å². The van der Waals surface area contributed by atoms with E-state index >= 15 is 0 Å². The number of anilines is 1. The van der Waals surface area contributed by atoms with E-state index in [9.17, 15) is 18.8 Å². The molecule has 0 aliphatic heterocycles. The van der Waals surface area contributed by atoms with Crippen molar-refractivity contribution in [3.8, 4) is 0 Å². The van der Waals surface area contributed by atoms with Crippen molar-refractivity contribution in [3.05, 3.63) is 100.0 Å². The fourth-order valence-electron chi connectivity index (χ4n) is 4.01. The number of hydrogen-bond donors (Lipinski definition) is 3. The van der Waals surface area contributed by atoms with Gasteiger partial charge in [-0.15, -0.1) is 0 Å². The van der Waals surface area contributed by atoms with Crippen molar-refractivity contribution >= 4 is 45.9 Å². The average molecular weight is 535 g/mol. The van der Waals surface area contributed by atoms with Gasteiger partial charge in [-0.3, -0.25) is 14.4 Å². The lowest BCUT2D eigenvalue weighted by Gasteiger charge is -2.11. The Balaban J connectivity index is 1.47. The van der Waals surface area contributed by atoms with Gasteiger partial charge in [0.25, 0.3) is 11.8 Å². The number of aromatic nitrogens is 1. The van der Waals surface area contributed by atoms with Gasteiger partial charge in [0, 0.05) is 42.6 Å². The maximum absolute atomic E-state index is 13.4. The molecule has 0 atom stereocenters. The van der Waals surface area contributed by atoms with Gasteiger partial charge in [0.2, 0.25) is 5.91 Å². The maximum Gasteiger partial charge on any atom is 0.268 e. The summed E-state index contributed by atoms with van der Waals surface area (Å²) in [5.74, 6) is -1.27. The van der Waals surface area contributed by atoms with E-state index in [-0.39, 0.29) is 42.2 Å². The van der Waals surface area contributed by atoms with E-state index in [0.29, 0.717) is 22.0 Å². The monoisotopic (exact) mass is 534 g/mol. The summed E-state index contributed by atoms with van der Waals surface area (Å²) in [5, 5.41) is 9.54. The number of benzene rings is 3. The predicted molar refractivity (Wildman–Crippen MR) is 147 cm³/mol. The summed E-state index contributed by atoms with van der Waals surface area (Å²) < 4.78 is 15.2. The van der Waals surface area contributed by atoms with Gasteiger partial charge >= 0.3 is 0 Å². The van der Waals surface area contributed by atoms with E-state index in [1.54, 1.807) is 60.1 Å². The van der Waals surface area contributed by atoms with E-state index in [1.807, 2.05) is 19.9 Å². The molecule has 1 aromatic heterocycles. The number of hydrogen-bond acceptors (Lipinski definition) is 3. The minimum atomic E-state index is -0.393. The van der Waals surface area contributed by atoms with E-state index in [4.69, 9.17) is 11.6 Å². The Morgan fingerprint density at radius 3 is 2.37 bits per heavy atom. The Morgan fingerprint density at radius 1 is 0.895 bits per heavy atom. The van der Waals surface area contributed by atoms with Crippen molar-refractivity contribution in [2.45, 2.75) is 26.9 Å². The van der Waals surface area contributed by atoms with Gasteiger partial charge in [0.1, 0.15) is 11.5 Å². The number of aryl methyl sites for hydroxylation is 1. The summed E-state index contributed by atoms with van der Waals surface area (Å²) in [6.45, 7) is 4.10. The fourth-order valence-corrected chi connectivity index (χ4v) is 4.22. The largest absolute Gasteiger partial charge is 0.352 e. The van der Waals surface area contributed by atoms with E-state index < -0.39 is 5.91 Å². The second-order valence-corrected chi connectivity index (χ2v) is 9.72. The van der Waals surface area contributed by atoms with Crippen molar-refractivity contribution in [3.63, 3.8) is 0 Å².